The Morgan fingerprint density at radius 2 is 2.43 bits per heavy atom. The molecule has 2 nitrogen and oxygen atoms in total. The quantitative estimate of drug-likeness (QED) is 0.833. The van der Waals surface area contributed by atoms with Crippen LogP contribution in [-0.2, 0) is 6.54 Å². The van der Waals surface area contributed by atoms with Gasteiger partial charge in [0.1, 0.15) is 0 Å². The van der Waals surface area contributed by atoms with Gasteiger partial charge in [0.25, 0.3) is 0 Å². The molecule has 1 unspecified atom stereocenters. The van der Waals surface area contributed by atoms with Crippen LogP contribution in [0.15, 0.2) is 22.9 Å². The van der Waals surface area contributed by atoms with Gasteiger partial charge in [0.2, 0.25) is 0 Å². The molecule has 1 atom stereocenters. The molecule has 0 saturated heterocycles. The summed E-state index contributed by atoms with van der Waals surface area (Å²) in [7, 11) is 0. The van der Waals surface area contributed by atoms with E-state index in [0.29, 0.717) is 6.04 Å². The van der Waals surface area contributed by atoms with Crippen LogP contribution in [0.4, 0.5) is 0 Å². The minimum absolute atomic E-state index is 0.346. The van der Waals surface area contributed by atoms with Crippen LogP contribution in [0.3, 0.4) is 0 Å². The van der Waals surface area contributed by atoms with Crippen LogP contribution in [0.1, 0.15) is 18.9 Å². The first kappa shape index (κ1) is 11.2. The number of nitrogens with zero attached hydrogens (tertiary/aromatic N) is 1. The van der Waals surface area contributed by atoms with E-state index >= 15 is 0 Å². The second-order valence-electron chi connectivity index (χ2n) is 3.20. The number of nitrogens with one attached hydrogen (secondary N) is 1. The first-order valence-electron chi connectivity index (χ1n) is 4.48. The Morgan fingerprint density at radius 1 is 1.64 bits per heavy atom. The van der Waals surface area contributed by atoms with E-state index in [4.69, 9.17) is 6.42 Å². The van der Waals surface area contributed by atoms with Crippen LogP contribution >= 0.6 is 15.9 Å². The Labute approximate surface area is 93.3 Å². The molecule has 1 rings (SSSR count). The fraction of sp³-hybridized carbons (Fsp3) is 0.364. The van der Waals surface area contributed by atoms with Crippen molar-refractivity contribution in [2.75, 3.05) is 0 Å². The van der Waals surface area contributed by atoms with Crippen molar-refractivity contribution in [1.82, 2.24) is 10.3 Å². The summed E-state index contributed by atoms with van der Waals surface area (Å²) in [6.07, 6.45) is 9.58. The van der Waals surface area contributed by atoms with Crippen LogP contribution in [0.25, 0.3) is 0 Å². The zero-order chi connectivity index (χ0) is 10.4. The summed E-state index contributed by atoms with van der Waals surface area (Å²) < 4.78 is 1.00. The van der Waals surface area contributed by atoms with Gasteiger partial charge in [-0.15, -0.1) is 12.3 Å². The van der Waals surface area contributed by atoms with Gasteiger partial charge in [0, 0.05) is 35.9 Å². The molecule has 74 valence electrons. The standard InChI is InChI=1S/C11H13BrN2/c1-3-4-9(2)14-7-10-5-11(12)8-13-6-10/h1,5-6,8-9,14H,4,7H2,2H3. The Kier molecular flexibility index (Phi) is 4.64. The second kappa shape index (κ2) is 5.79. The summed E-state index contributed by atoms with van der Waals surface area (Å²) in [6.45, 7) is 2.88. The highest BCUT2D eigenvalue weighted by atomic mass is 79.9. The monoisotopic (exact) mass is 252 g/mol. The largest absolute Gasteiger partial charge is 0.309 e. The minimum atomic E-state index is 0.346. The third-order valence-electron chi connectivity index (χ3n) is 1.84. The number of aromatic nitrogens is 1. The van der Waals surface area contributed by atoms with Crippen LogP contribution in [-0.4, -0.2) is 11.0 Å². The third-order valence-corrected chi connectivity index (χ3v) is 2.27. The van der Waals surface area contributed by atoms with E-state index in [2.05, 4.69) is 39.1 Å². The highest BCUT2D eigenvalue weighted by Gasteiger charge is 1.99. The maximum Gasteiger partial charge on any atom is 0.0410 e. The smallest absolute Gasteiger partial charge is 0.0410 e. The van der Waals surface area contributed by atoms with Crippen molar-refractivity contribution < 1.29 is 0 Å². The molecule has 1 N–H and O–H groups in total. The average Bonchev–Trinajstić information content (AvgIpc) is 2.15. The van der Waals surface area contributed by atoms with Crippen molar-refractivity contribution >= 4 is 15.9 Å². The SMILES string of the molecule is C#CCC(C)NCc1cncc(Br)c1. The van der Waals surface area contributed by atoms with Crippen LogP contribution in [0.5, 0.6) is 0 Å². The second-order valence-corrected chi connectivity index (χ2v) is 4.12. The zero-order valence-corrected chi connectivity index (χ0v) is 9.71. The molecule has 14 heavy (non-hydrogen) atoms. The topological polar surface area (TPSA) is 24.9 Å². The van der Waals surface area contributed by atoms with Gasteiger partial charge in [-0.1, -0.05) is 0 Å². The summed E-state index contributed by atoms with van der Waals surface area (Å²) in [5, 5.41) is 3.32. The molecule has 0 spiro atoms. The molecule has 0 bridgehead atoms. The highest BCUT2D eigenvalue weighted by molar-refractivity contribution is 9.10. The van der Waals surface area contributed by atoms with Gasteiger partial charge < -0.3 is 5.32 Å². The summed E-state index contributed by atoms with van der Waals surface area (Å²) in [5.41, 5.74) is 1.16. The van der Waals surface area contributed by atoms with Crippen LogP contribution in [0, 0.1) is 12.3 Å². The lowest BCUT2D eigenvalue weighted by molar-refractivity contribution is 0.558. The summed E-state index contributed by atoms with van der Waals surface area (Å²) >= 11 is 3.38. The predicted molar refractivity (Wildman–Crippen MR) is 61.7 cm³/mol. The molecule has 0 amide bonds. The Hall–Kier alpha value is -0.850. The molecule has 0 aromatic carbocycles. The Morgan fingerprint density at radius 3 is 3.07 bits per heavy atom. The summed E-state index contributed by atoms with van der Waals surface area (Å²) in [4.78, 5) is 4.08. The van der Waals surface area contributed by atoms with Gasteiger partial charge >= 0.3 is 0 Å². The highest BCUT2D eigenvalue weighted by Crippen LogP contribution is 2.09. The van der Waals surface area contributed by atoms with E-state index < -0.39 is 0 Å². The maximum absolute atomic E-state index is 5.21. The van der Waals surface area contributed by atoms with Gasteiger partial charge in [-0.25, -0.2) is 0 Å². The fourth-order valence-corrected chi connectivity index (χ4v) is 1.51. The molecule has 0 aliphatic heterocycles. The Bertz CT molecular complexity index is 330. The van der Waals surface area contributed by atoms with Gasteiger partial charge in [0.15, 0.2) is 0 Å². The molecular formula is C11H13BrN2. The lowest BCUT2D eigenvalue weighted by atomic mass is 10.2. The average molecular weight is 253 g/mol. The molecular weight excluding hydrogens is 240 g/mol. The van der Waals surface area contributed by atoms with Gasteiger partial charge in [-0.05, 0) is 34.5 Å². The molecule has 0 fully saturated rings. The number of hydrogen-bond donors (Lipinski definition) is 1. The summed E-state index contributed by atoms with van der Waals surface area (Å²) in [6, 6.07) is 2.39. The molecule has 0 radical (unpaired) electrons. The fourth-order valence-electron chi connectivity index (χ4n) is 1.09. The van der Waals surface area contributed by atoms with Gasteiger partial charge in [0.05, 0.1) is 0 Å². The lowest BCUT2D eigenvalue weighted by Gasteiger charge is -2.10. The van der Waals surface area contributed by atoms with Crippen molar-refractivity contribution in [3.05, 3.63) is 28.5 Å². The number of hydrogen-bond acceptors (Lipinski definition) is 2. The van der Waals surface area contributed by atoms with Crippen molar-refractivity contribution in [2.24, 2.45) is 0 Å². The molecule has 1 aromatic rings. The molecule has 0 aliphatic carbocycles. The van der Waals surface area contributed by atoms with E-state index in [-0.39, 0.29) is 0 Å². The van der Waals surface area contributed by atoms with E-state index in [1.807, 2.05) is 12.3 Å². The van der Waals surface area contributed by atoms with Crippen molar-refractivity contribution in [2.45, 2.75) is 25.9 Å². The van der Waals surface area contributed by atoms with Crippen molar-refractivity contribution in [1.29, 1.82) is 0 Å². The van der Waals surface area contributed by atoms with E-state index in [1.165, 1.54) is 0 Å². The number of pyridine rings is 1. The molecule has 1 heterocycles. The molecule has 3 heteroatoms. The number of rotatable bonds is 4. The zero-order valence-electron chi connectivity index (χ0n) is 8.13. The van der Waals surface area contributed by atoms with E-state index in [9.17, 15) is 0 Å². The normalized spacial score (nSPS) is 12.1. The van der Waals surface area contributed by atoms with Gasteiger partial charge in [-0.2, -0.15) is 0 Å². The first-order chi connectivity index (χ1) is 6.72. The predicted octanol–water partition coefficient (Wildman–Crippen LogP) is 2.35. The lowest BCUT2D eigenvalue weighted by Crippen LogP contribution is -2.24. The third kappa shape index (κ3) is 3.91. The number of terminal acetylenes is 1. The molecule has 0 aliphatic rings. The summed E-state index contributed by atoms with van der Waals surface area (Å²) in [5.74, 6) is 2.63. The minimum Gasteiger partial charge on any atom is -0.309 e. The molecule has 0 saturated carbocycles. The first-order valence-corrected chi connectivity index (χ1v) is 5.28. The van der Waals surface area contributed by atoms with Crippen LogP contribution < -0.4 is 5.32 Å². The van der Waals surface area contributed by atoms with E-state index in [1.54, 1.807) is 6.20 Å². The van der Waals surface area contributed by atoms with Gasteiger partial charge in [-0.3, -0.25) is 4.98 Å². The molecule has 1 aromatic heterocycles. The van der Waals surface area contributed by atoms with Crippen molar-refractivity contribution in [3.63, 3.8) is 0 Å². The van der Waals surface area contributed by atoms with E-state index in [0.717, 1.165) is 23.0 Å². The van der Waals surface area contributed by atoms with Crippen LogP contribution in [0.2, 0.25) is 0 Å². The number of halogens is 1. The van der Waals surface area contributed by atoms with Crippen molar-refractivity contribution in [3.8, 4) is 12.3 Å². The Balaban J connectivity index is 2.42. The maximum atomic E-state index is 5.21.